The van der Waals surface area contributed by atoms with Gasteiger partial charge < -0.3 is 5.32 Å². The Hall–Kier alpha value is -0.630. The van der Waals surface area contributed by atoms with Crippen molar-refractivity contribution < 1.29 is 4.79 Å². The van der Waals surface area contributed by atoms with Crippen molar-refractivity contribution in [3.8, 4) is 0 Å². The average molecular weight is 155 g/mol. The van der Waals surface area contributed by atoms with Crippen molar-refractivity contribution in [1.29, 1.82) is 0 Å². The van der Waals surface area contributed by atoms with Gasteiger partial charge in [-0.3, -0.25) is 4.79 Å². The molecule has 0 unspecified atom stereocenters. The van der Waals surface area contributed by atoms with E-state index in [1.807, 2.05) is 0 Å². The molecule has 0 aliphatic carbocycles. The summed E-state index contributed by atoms with van der Waals surface area (Å²) in [5.74, 6) is 0.258. The number of hydrogen-bond acceptors (Lipinski definition) is 2. The summed E-state index contributed by atoms with van der Waals surface area (Å²) in [5, 5.41) is 3.18. The Morgan fingerprint density at radius 3 is 2.73 bits per heavy atom. The number of Topliss-reactive ketones (excluding diaryl/α,β-unsaturated/α-hetero) is 1. The molecule has 0 fully saturated rings. The number of nitrogens with one attached hydrogen (secondary N) is 1. The zero-order valence-electron chi connectivity index (χ0n) is 7.39. The molecule has 64 valence electrons. The Labute approximate surface area is 68.7 Å². The second-order valence-electron chi connectivity index (χ2n) is 2.89. The van der Waals surface area contributed by atoms with E-state index in [9.17, 15) is 4.79 Å². The minimum absolute atomic E-state index is 0.258. The number of allylic oxidation sites excluding steroid dienone is 1. The van der Waals surface area contributed by atoms with E-state index in [0.717, 1.165) is 6.54 Å². The second-order valence-corrected chi connectivity index (χ2v) is 2.89. The summed E-state index contributed by atoms with van der Waals surface area (Å²) in [6, 6.07) is 0.464. The van der Waals surface area contributed by atoms with Crippen LogP contribution in [0.2, 0.25) is 0 Å². The van der Waals surface area contributed by atoms with Crippen LogP contribution in [0.3, 0.4) is 0 Å². The van der Waals surface area contributed by atoms with Crippen molar-refractivity contribution in [2.24, 2.45) is 0 Å². The van der Waals surface area contributed by atoms with E-state index >= 15 is 0 Å². The highest BCUT2D eigenvalue weighted by Gasteiger charge is 1.98. The van der Waals surface area contributed by atoms with Crippen molar-refractivity contribution in [3.63, 3.8) is 0 Å². The maximum atomic E-state index is 10.9. The predicted octanol–water partition coefficient (Wildman–Crippen LogP) is 1.52. The summed E-state index contributed by atoms with van der Waals surface area (Å²) in [7, 11) is 0. The number of ketones is 1. The van der Waals surface area contributed by atoms with Crippen LogP contribution in [0.25, 0.3) is 0 Å². The van der Waals surface area contributed by atoms with E-state index in [-0.39, 0.29) is 5.78 Å². The van der Waals surface area contributed by atoms with Gasteiger partial charge in [0.2, 0.25) is 0 Å². The molecule has 0 radical (unpaired) electrons. The Kier molecular flexibility index (Phi) is 5.75. The largest absolute Gasteiger partial charge is 0.314 e. The summed E-state index contributed by atoms with van der Waals surface area (Å²) in [5.41, 5.74) is 0. The molecule has 0 heterocycles. The minimum Gasteiger partial charge on any atom is -0.314 e. The summed E-state index contributed by atoms with van der Waals surface area (Å²) in [6.45, 7) is 8.42. The van der Waals surface area contributed by atoms with Gasteiger partial charge in [0.15, 0.2) is 0 Å². The standard InChI is InChI=1S/C9H17NO/c1-4-5-9(11)6-7-10-8(2)3/h4,8,10H,1,5-7H2,2-3H3. The zero-order chi connectivity index (χ0) is 8.69. The smallest absolute Gasteiger partial charge is 0.137 e. The quantitative estimate of drug-likeness (QED) is 0.589. The van der Waals surface area contributed by atoms with Gasteiger partial charge in [-0.1, -0.05) is 19.9 Å². The first-order valence-electron chi connectivity index (χ1n) is 4.02. The predicted molar refractivity (Wildman–Crippen MR) is 47.6 cm³/mol. The lowest BCUT2D eigenvalue weighted by atomic mass is 10.2. The third-order valence-electron chi connectivity index (χ3n) is 1.33. The topological polar surface area (TPSA) is 29.1 Å². The fourth-order valence-electron chi connectivity index (χ4n) is 0.763. The Morgan fingerprint density at radius 1 is 1.64 bits per heavy atom. The first-order chi connectivity index (χ1) is 5.16. The molecule has 0 aliphatic rings. The molecule has 1 N–H and O–H groups in total. The molecule has 0 aromatic rings. The van der Waals surface area contributed by atoms with Crippen LogP contribution in [0.4, 0.5) is 0 Å². The van der Waals surface area contributed by atoms with Gasteiger partial charge >= 0.3 is 0 Å². The summed E-state index contributed by atoms with van der Waals surface area (Å²) in [6.07, 6.45) is 2.77. The molecule has 0 aliphatic heterocycles. The van der Waals surface area contributed by atoms with Gasteiger partial charge in [-0.05, 0) is 0 Å². The van der Waals surface area contributed by atoms with Gasteiger partial charge in [0.25, 0.3) is 0 Å². The Balaban J connectivity index is 3.24. The third-order valence-corrected chi connectivity index (χ3v) is 1.33. The maximum Gasteiger partial charge on any atom is 0.137 e. The molecule has 0 rings (SSSR count). The van der Waals surface area contributed by atoms with Crippen LogP contribution in [-0.2, 0) is 4.79 Å². The molecule has 0 aromatic heterocycles. The van der Waals surface area contributed by atoms with Gasteiger partial charge in [0.1, 0.15) is 5.78 Å². The normalized spacial score (nSPS) is 10.1. The van der Waals surface area contributed by atoms with Gasteiger partial charge in [-0.2, -0.15) is 0 Å². The molecule has 0 saturated heterocycles. The van der Waals surface area contributed by atoms with Crippen molar-refractivity contribution in [2.45, 2.75) is 32.7 Å². The van der Waals surface area contributed by atoms with Gasteiger partial charge in [0.05, 0.1) is 0 Å². The van der Waals surface area contributed by atoms with Crippen LogP contribution < -0.4 is 5.32 Å². The van der Waals surface area contributed by atoms with Gasteiger partial charge in [0, 0.05) is 25.4 Å². The van der Waals surface area contributed by atoms with Crippen molar-refractivity contribution in [2.75, 3.05) is 6.54 Å². The molecule has 2 nitrogen and oxygen atoms in total. The minimum atomic E-state index is 0.258. The average Bonchev–Trinajstić information content (AvgIpc) is 1.87. The van der Waals surface area contributed by atoms with E-state index in [2.05, 4.69) is 25.7 Å². The van der Waals surface area contributed by atoms with E-state index in [1.165, 1.54) is 0 Å². The molecule has 0 aromatic carbocycles. The van der Waals surface area contributed by atoms with Crippen molar-refractivity contribution in [1.82, 2.24) is 5.32 Å². The highest BCUT2D eigenvalue weighted by molar-refractivity contribution is 5.79. The van der Waals surface area contributed by atoms with Crippen LogP contribution in [0, 0.1) is 0 Å². The molecule has 0 atom stereocenters. The maximum absolute atomic E-state index is 10.9. The molecular formula is C9H17NO. The number of carbonyl (C=O) groups excluding carboxylic acids is 1. The zero-order valence-corrected chi connectivity index (χ0v) is 7.39. The monoisotopic (exact) mass is 155 g/mol. The van der Waals surface area contributed by atoms with Crippen LogP contribution >= 0.6 is 0 Å². The first-order valence-corrected chi connectivity index (χ1v) is 4.02. The second kappa shape index (κ2) is 6.10. The highest BCUT2D eigenvalue weighted by atomic mass is 16.1. The number of hydrogen-bond donors (Lipinski definition) is 1. The van der Waals surface area contributed by atoms with Crippen LogP contribution in [0.1, 0.15) is 26.7 Å². The molecule has 0 spiro atoms. The first kappa shape index (κ1) is 10.4. The summed E-state index contributed by atoms with van der Waals surface area (Å²) in [4.78, 5) is 10.9. The van der Waals surface area contributed by atoms with E-state index in [1.54, 1.807) is 6.08 Å². The lowest BCUT2D eigenvalue weighted by Gasteiger charge is -2.05. The van der Waals surface area contributed by atoms with Crippen LogP contribution in [-0.4, -0.2) is 18.4 Å². The van der Waals surface area contributed by atoms with E-state index < -0.39 is 0 Å². The van der Waals surface area contributed by atoms with Gasteiger partial charge in [-0.15, -0.1) is 6.58 Å². The molecule has 2 heteroatoms. The lowest BCUT2D eigenvalue weighted by molar-refractivity contribution is -0.118. The fourth-order valence-corrected chi connectivity index (χ4v) is 0.763. The van der Waals surface area contributed by atoms with Crippen LogP contribution in [0.15, 0.2) is 12.7 Å². The Bertz CT molecular complexity index is 130. The van der Waals surface area contributed by atoms with Crippen molar-refractivity contribution in [3.05, 3.63) is 12.7 Å². The molecular weight excluding hydrogens is 138 g/mol. The summed E-state index contributed by atoms with van der Waals surface area (Å²) < 4.78 is 0. The molecule has 0 amide bonds. The number of carbonyl (C=O) groups is 1. The van der Waals surface area contributed by atoms with E-state index in [4.69, 9.17) is 0 Å². The molecule has 0 saturated carbocycles. The van der Waals surface area contributed by atoms with E-state index in [0.29, 0.717) is 18.9 Å². The molecule has 0 bridgehead atoms. The molecule has 11 heavy (non-hydrogen) atoms. The summed E-state index contributed by atoms with van der Waals surface area (Å²) >= 11 is 0. The lowest BCUT2D eigenvalue weighted by Crippen LogP contribution is -2.25. The fraction of sp³-hybridized carbons (Fsp3) is 0.667. The highest BCUT2D eigenvalue weighted by Crippen LogP contribution is 1.89. The third kappa shape index (κ3) is 7.26. The SMILES string of the molecule is C=CCC(=O)CCNC(C)C. The van der Waals surface area contributed by atoms with Crippen LogP contribution in [0.5, 0.6) is 0 Å². The Morgan fingerprint density at radius 2 is 2.27 bits per heavy atom. The number of rotatable bonds is 6. The van der Waals surface area contributed by atoms with Gasteiger partial charge in [-0.25, -0.2) is 0 Å². The van der Waals surface area contributed by atoms with Crippen molar-refractivity contribution >= 4 is 5.78 Å².